The summed E-state index contributed by atoms with van der Waals surface area (Å²) in [6.07, 6.45) is 0. The van der Waals surface area contributed by atoms with E-state index in [1.807, 2.05) is 66.7 Å². The van der Waals surface area contributed by atoms with Gasteiger partial charge in [-0.05, 0) is 36.2 Å². The van der Waals surface area contributed by atoms with Gasteiger partial charge in [-0.1, -0.05) is 72.3 Å². The molecule has 33 heavy (non-hydrogen) atoms. The Morgan fingerprint density at radius 3 is 2.36 bits per heavy atom. The first-order valence-corrected chi connectivity index (χ1v) is 10.9. The number of amides is 2. The standard InChI is InChI=1S/C26H23ClN2O4/c1-2-32-25(30)22-23(17-8-4-3-5-9-17)28-26(31)29-24(22)18-12-14-20(15-13-18)33-16-19-10-6-7-11-21(19)27/h3-15,24H,2,16H2,1H3,(H2,28,29,31)/t24-/m1/s1. The van der Waals surface area contributed by atoms with Gasteiger partial charge in [0.2, 0.25) is 0 Å². The maximum absolute atomic E-state index is 12.9. The average molecular weight is 463 g/mol. The summed E-state index contributed by atoms with van der Waals surface area (Å²) in [7, 11) is 0. The normalized spacial score (nSPS) is 15.5. The molecule has 0 unspecified atom stereocenters. The van der Waals surface area contributed by atoms with E-state index in [2.05, 4.69) is 10.6 Å². The molecular formula is C26H23ClN2O4. The SMILES string of the molecule is CCOC(=O)C1=C(c2ccccc2)NC(=O)N[C@@H]1c1ccc(OCc2ccccc2Cl)cc1. The second-order valence-electron chi connectivity index (χ2n) is 7.36. The van der Waals surface area contributed by atoms with E-state index in [1.54, 1.807) is 19.1 Å². The van der Waals surface area contributed by atoms with Gasteiger partial charge < -0.3 is 20.1 Å². The molecule has 0 bridgehead atoms. The molecule has 0 fully saturated rings. The van der Waals surface area contributed by atoms with Crippen molar-refractivity contribution in [1.29, 1.82) is 0 Å². The molecule has 1 aliphatic heterocycles. The van der Waals surface area contributed by atoms with Crippen molar-refractivity contribution in [2.45, 2.75) is 19.6 Å². The van der Waals surface area contributed by atoms with Gasteiger partial charge in [0.25, 0.3) is 0 Å². The fourth-order valence-electron chi connectivity index (χ4n) is 3.61. The van der Waals surface area contributed by atoms with E-state index >= 15 is 0 Å². The van der Waals surface area contributed by atoms with E-state index in [9.17, 15) is 9.59 Å². The van der Waals surface area contributed by atoms with Gasteiger partial charge in [-0.2, -0.15) is 0 Å². The Balaban J connectivity index is 1.63. The summed E-state index contributed by atoms with van der Waals surface area (Å²) in [5, 5.41) is 6.25. The summed E-state index contributed by atoms with van der Waals surface area (Å²) in [6.45, 7) is 2.30. The van der Waals surface area contributed by atoms with E-state index in [0.29, 0.717) is 28.6 Å². The van der Waals surface area contributed by atoms with Gasteiger partial charge in [0, 0.05) is 10.6 Å². The van der Waals surface area contributed by atoms with Crippen LogP contribution in [0.2, 0.25) is 5.02 Å². The molecule has 0 spiro atoms. The Labute approximate surface area is 197 Å². The van der Waals surface area contributed by atoms with Crippen molar-refractivity contribution in [2.75, 3.05) is 6.61 Å². The van der Waals surface area contributed by atoms with E-state index in [4.69, 9.17) is 21.1 Å². The topological polar surface area (TPSA) is 76.7 Å². The van der Waals surface area contributed by atoms with Crippen molar-refractivity contribution in [3.05, 3.63) is 106 Å². The van der Waals surface area contributed by atoms with Crippen LogP contribution < -0.4 is 15.4 Å². The summed E-state index contributed by atoms with van der Waals surface area (Å²) in [5.41, 5.74) is 3.11. The lowest BCUT2D eigenvalue weighted by Crippen LogP contribution is -2.45. The summed E-state index contributed by atoms with van der Waals surface area (Å²) < 4.78 is 11.2. The minimum atomic E-state index is -0.675. The smallest absolute Gasteiger partial charge is 0.338 e. The molecule has 2 amide bonds. The van der Waals surface area contributed by atoms with Gasteiger partial charge in [-0.3, -0.25) is 0 Å². The van der Waals surface area contributed by atoms with Gasteiger partial charge in [-0.25, -0.2) is 9.59 Å². The number of esters is 1. The second kappa shape index (κ2) is 10.2. The Bertz CT molecular complexity index is 1180. The number of carbonyl (C=O) groups excluding carboxylic acids is 2. The van der Waals surface area contributed by atoms with Crippen LogP contribution in [0.5, 0.6) is 5.75 Å². The average Bonchev–Trinajstić information content (AvgIpc) is 2.84. The van der Waals surface area contributed by atoms with Gasteiger partial charge >= 0.3 is 12.0 Å². The zero-order valence-corrected chi connectivity index (χ0v) is 18.8. The first-order valence-electron chi connectivity index (χ1n) is 10.6. The summed E-state index contributed by atoms with van der Waals surface area (Å²) >= 11 is 6.19. The highest BCUT2D eigenvalue weighted by Gasteiger charge is 2.34. The van der Waals surface area contributed by atoms with Gasteiger partial charge in [0.15, 0.2) is 0 Å². The monoisotopic (exact) mass is 462 g/mol. The largest absolute Gasteiger partial charge is 0.489 e. The molecule has 0 saturated heterocycles. The molecule has 0 saturated carbocycles. The van der Waals surface area contributed by atoms with Crippen molar-refractivity contribution >= 4 is 29.3 Å². The van der Waals surface area contributed by atoms with E-state index in [-0.39, 0.29) is 6.61 Å². The molecule has 3 aromatic rings. The molecule has 3 aromatic carbocycles. The van der Waals surface area contributed by atoms with Crippen LogP contribution in [0.15, 0.2) is 84.4 Å². The maximum Gasteiger partial charge on any atom is 0.338 e. The van der Waals surface area contributed by atoms with Crippen LogP contribution in [0, 0.1) is 0 Å². The summed E-state index contributed by atoms with van der Waals surface area (Å²) in [5.74, 6) is 0.150. The van der Waals surface area contributed by atoms with E-state index in [1.165, 1.54) is 0 Å². The van der Waals surface area contributed by atoms with Crippen LogP contribution in [0.4, 0.5) is 4.79 Å². The number of hydrogen-bond donors (Lipinski definition) is 2. The summed E-state index contributed by atoms with van der Waals surface area (Å²) in [6, 6.07) is 22.9. The Kier molecular flexibility index (Phi) is 6.95. The van der Waals surface area contributed by atoms with Crippen LogP contribution >= 0.6 is 11.6 Å². The number of nitrogens with one attached hydrogen (secondary N) is 2. The lowest BCUT2D eigenvalue weighted by Gasteiger charge is -2.29. The Morgan fingerprint density at radius 1 is 0.970 bits per heavy atom. The molecule has 168 valence electrons. The molecule has 1 aliphatic rings. The number of hydrogen-bond acceptors (Lipinski definition) is 4. The molecule has 2 N–H and O–H groups in total. The molecular weight excluding hydrogens is 440 g/mol. The molecule has 0 aromatic heterocycles. The zero-order chi connectivity index (χ0) is 23.2. The number of urea groups is 1. The Morgan fingerprint density at radius 2 is 1.67 bits per heavy atom. The number of halogens is 1. The molecule has 0 aliphatic carbocycles. The van der Waals surface area contributed by atoms with Crippen molar-refractivity contribution < 1.29 is 19.1 Å². The van der Waals surface area contributed by atoms with Crippen LogP contribution in [-0.2, 0) is 16.1 Å². The van der Waals surface area contributed by atoms with Crippen LogP contribution in [0.3, 0.4) is 0 Å². The van der Waals surface area contributed by atoms with Crippen molar-refractivity contribution in [3.63, 3.8) is 0 Å². The highest BCUT2D eigenvalue weighted by atomic mass is 35.5. The highest BCUT2D eigenvalue weighted by molar-refractivity contribution is 6.31. The van der Waals surface area contributed by atoms with Gasteiger partial charge in [0.1, 0.15) is 12.4 Å². The first kappa shape index (κ1) is 22.4. The third-order valence-electron chi connectivity index (χ3n) is 5.20. The third kappa shape index (κ3) is 5.18. The second-order valence-corrected chi connectivity index (χ2v) is 7.76. The molecule has 0 radical (unpaired) electrons. The quantitative estimate of drug-likeness (QED) is 0.470. The minimum absolute atomic E-state index is 0.222. The molecule has 1 heterocycles. The van der Waals surface area contributed by atoms with Crippen LogP contribution in [0.1, 0.15) is 29.7 Å². The maximum atomic E-state index is 12.9. The fraction of sp³-hybridized carbons (Fsp3) is 0.154. The predicted molar refractivity (Wildman–Crippen MR) is 127 cm³/mol. The summed E-state index contributed by atoms with van der Waals surface area (Å²) in [4.78, 5) is 25.4. The third-order valence-corrected chi connectivity index (χ3v) is 5.56. The lowest BCUT2D eigenvalue weighted by atomic mass is 9.92. The highest BCUT2D eigenvalue weighted by Crippen LogP contribution is 2.33. The fourth-order valence-corrected chi connectivity index (χ4v) is 3.80. The zero-order valence-electron chi connectivity index (χ0n) is 18.0. The number of ether oxygens (including phenoxy) is 2. The first-order chi connectivity index (χ1) is 16.1. The molecule has 1 atom stereocenters. The van der Waals surface area contributed by atoms with Crippen molar-refractivity contribution in [1.82, 2.24) is 10.6 Å². The molecule has 6 nitrogen and oxygen atoms in total. The minimum Gasteiger partial charge on any atom is -0.489 e. The van der Waals surface area contributed by atoms with E-state index < -0.39 is 18.0 Å². The lowest BCUT2D eigenvalue weighted by molar-refractivity contribution is -0.138. The van der Waals surface area contributed by atoms with Crippen molar-refractivity contribution in [2.24, 2.45) is 0 Å². The van der Waals surface area contributed by atoms with Crippen molar-refractivity contribution in [3.8, 4) is 5.75 Å². The number of carbonyl (C=O) groups is 2. The van der Waals surface area contributed by atoms with Gasteiger partial charge in [0.05, 0.1) is 23.9 Å². The molecule has 4 rings (SSSR count). The van der Waals surface area contributed by atoms with Gasteiger partial charge in [-0.15, -0.1) is 0 Å². The number of benzene rings is 3. The van der Waals surface area contributed by atoms with Crippen LogP contribution in [0.25, 0.3) is 5.70 Å². The van der Waals surface area contributed by atoms with E-state index in [0.717, 1.165) is 16.7 Å². The Hall–Kier alpha value is -3.77. The number of rotatable bonds is 7. The molecule has 7 heteroatoms. The van der Waals surface area contributed by atoms with Crippen LogP contribution in [-0.4, -0.2) is 18.6 Å². The predicted octanol–water partition coefficient (Wildman–Crippen LogP) is 5.25.